The zero-order valence-electron chi connectivity index (χ0n) is 11.8. The highest BCUT2D eigenvalue weighted by Crippen LogP contribution is 2.35. The Kier molecular flexibility index (Phi) is 5.05. The van der Waals surface area contributed by atoms with Gasteiger partial charge in [-0.05, 0) is 31.1 Å². The number of nitrogens with one attached hydrogen (secondary N) is 2. The highest BCUT2D eigenvalue weighted by Gasteiger charge is 2.36. The summed E-state index contributed by atoms with van der Waals surface area (Å²) in [4.78, 5) is 24.7. The molecule has 5 nitrogen and oxygen atoms in total. The van der Waals surface area contributed by atoms with Crippen molar-refractivity contribution < 1.29 is 9.59 Å². The second kappa shape index (κ2) is 6.78. The fourth-order valence-corrected chi connectivity index (χ4v) is 3.23. The maximum absolute atomic E-state index is 12.0. The van der Waals surface area contributed by atoms with E-state index in [1.165, 1.54) is 32.6 Å². The topological polar surface area (TPSA) is 61.4 Å². The maximum atomic E-state index is 12.0. The van der Waals surface area contributed by atoms with Gasteiger partial charge in [0.2, 0.25) is 5.91 Å². The highest BCUT2D eigenvalue weighted by molar-refractivity contribution is 5.74. The summed E-state index contributed by atoms with van der Waals surface area (Å²) >= 11 is 0. The average Bonchev–Trinajstić information content (AvgIpc) is 2.81. The van der Waals surface area contributed by atoms with E-state index in [2.05, 4.69) is 10.6 Å². The van der Waals surface area contributed by atoms with Gasteiger partial charge in [-0.2, -0.15) is 0 Å². The molecule has 0 aromatic carbocycles. The van der Waals surface area contributed by atoms with Crippen LogP contribution in [0.15, 0.2) is 0 Å². The van der Waals surface area contributed by atoms with Crippen molar-refractivity contribution in [1.29, 1.82) is 0 Å². The van der Waals surface area contributed by atoms with Crippen LogP contribution >= 0.6 is 0 Å². The number of urea groups is 1. The van der Waals surface area contributed by atoms with Gasteiger partial charge in [-0.3, -0.25) is 4.79 Å². The molecule has 5 heteroatoms. The van der Waals surface area contributed by atoms with Crippen LogP contribution in [0.25, 0.3) is 0 Å². The molecular weight excluding hydrogens is 242 g/mol. The van der Waals surface area contributed by atoms with Gasteiger partial charge in [0.15, 0.2) is 0 Å². The Hall–Kier alpha value is -1.26. The van der Waals surface area contributed by atoms with Gasteiger partial charge in [0.1, 0.15) is 0 Å². The van der Waals surface area contributed by atoms with Crippen molar-refractivity contribution in [3.05, 3.63) is 0 Å². The molecule has 1 saturated heterocycles. The summed E-state index contributed by atoms with van der Waals surface area (Å²) in [6, 6.07) is 0.0669. The van der Waals surface area contributed by atoms with E-state index < -0.39 is 0 Å². The molecule has 2 fully saturated rings. The molecule has 0 spiro atoms. The minimum Gasteiger partial charge on any atom is -0.356 e. The van der Waals surface area contributed by atoms with E-state index in [9.17, 15) is 9.59 Å². The predicted molar refractivity (Wildman–Crippen MR) is 73.7 cm³/mol. The van der Waals surface area contributed by atoms with Crippen molar-refractivity contribution >= 4 is 11.9 Å². The Morgan fingerprint density at radius 2 is 1.63 bits per heavy atom. The lowest BCUT2D eigenvalue weighted by Gasteiger charge is -2.22. The average molecular weight is 267 g/mol. The van der Waals surface area contributed by atoms with Crippen LogP contribution < -0.4 is 10.6 Å². The molecule has 1 saturated carbocycles. The van der Waals surface area contributed by atoms with Crippen molar-refractivity contribution in [2.24, 2.45) is 11.8 Å². The Morgan fingerprint density at radius 3 is 2.21 bits per heavy atom. The van der Waals surface area contributed by atoms with Gasteiger partial charge in [-0.25, -0.2) is 4.79 Å². The molecule has 19 heavy (non-hydrogen) atoms. The second-order valence-electron chi connectivity index (χ2n) is 5.78. The molecule has 108 valence electrons. The Morgan fingerprint density at radius 1 is 1.05 bits per heavy atom. The third kappa shape index (κ3) is 4.11. The van der Waals surface area contributed by atoms with Crippen LogP contribution in [0.2, 0.25) is 0 Å². The molecule has 2 atom stereocenters. The molecule has 0 bridgehead atoms. The van der Waals surface area contributed by atoms with Crippen molar-refractivity contribution in [3.8, 4) is 0 Å². The Labute approximate surface area is 115 Å². The van der Waals surface area contributed by atoms with Crippen LogP contribution in [-0.2, 0) is 4.79 Å². The molecule has 0 aromatic heterocycles. The van der Waals surface area contributed by atoms with Crippen LogP contribution in [-0.4, -0.2) is 43.0 Å². The van der Waals surface area contributed by atoms with E-state index in [1.54, 1.807) is 0 Å². The smallest absolute Gasteiger partial charge is 0.317 e. The van der Waals surface area contributed by atoms with E-state index in [0.29, 0.717) is 13.1 Å². The molecule has 2 rings (SSSR count). The monoisotopic (exact) mass is 267 g/mol. The number of hydrogen-bond donors (Lipinski definition) is 2. The molecule has 0 radical (unpaired) electrons. The van der Waals surface area contributed by atoms with Crippen molar-refractivity contribution in [1.82, 2.24) is 15.5 Å². The lowest BCUT2D eigenvalue weighted by atomic mass is 9.82. The number of amides is 3. The number of carbonyl (C=O) groups excluding carboxylic acids is 2. The van der Waals surface area contributed by atoms with Gasteiger partial charge in [-0.1, -0.05) is 12.8 Å². The lowest BCUT2D eigenvalue weighted by molar-refractivity contribution is -0.118. The van der Waals surface area contributed by atoms with Crippen LogP contribution in [0.1, 0.15) is 39.0 Å². The molecule has 3 amide bonds. The molecular formula is C14H25N3O2. The SMILES string of the molecule is CC(=O)NCCCNC(=O)N1C[C@H]2CCCC[C@H]2C1. The molecule has 1 aliphatic heterocycles. The summed E-state index contributed by atoms with van der Waals surface area (Å²) in [5, 5.41) is 5.67. The summed E-state index contributed by atoms with van der Waals surface area (Å²) in [6.07, 6.45) is 6.01. The number of rotatable bonds is 4. The first-order valence-corrected chi connectivity index (χ1v) is 7.44. The third-order valence-corrected chi connectivity index (χ3v) is 4.27. The van der Waals surface area contributed by atoms with E-state index in [4.69, 9.17) is 0 Å². The van der Waals surface area contributed by atoms with Gasteiger partial charge in [0, 0.05) is 33.1 Å². The molecule has 1 heterocycles. The first-order chi connectivity index (χ1) is 9.16. The van der Waals surface area contributed by atoms with Gasteiger partial charge < -0.3 is 15.5 Å². The molecule has 2 N–H and O–H groups in total. The number of hydrogen-bond acceptors (Lipinski definition) is 2. The van der Waals surface area contributed by atoms with Gasteiger partial charge in [0.25, 0.3) is 0 Å². The maximum Gasteiger partial charge on any atom is 0.317 e. The summed E-state index contributed by atoms with van der Waals surface area (Å²) in [6.45, 7) is 4.63. The predicted octanol–water partition coefficient (Wildman–Crippen LogP) is 1.34. The number of nitrogens with zero attached hydrogens (tertiary/aromatic N) is 1. The standard InChI is InChI=1S/C14H25N3O2/c1-11(18)15-7-4-8-16-14(19)17-9-12-5-2-3-6-13(12)10-17/h12-13H,2-10H2,1H3,(H,15,18)(H,16,19)/t12-,13+. The van der Waals surface area contributed by atoms with Crippen molar-refractivity contribution in [3.63, 3.8) is 0 Å². The second-order valence-corrected chi connectivity index (χ2v) is 5.78. The molecule has 2 aliphatic rings. The quantitative estimate of drug-likeness (QED) is 0.755. The molecule has 0 aromatic rings. The first kappa shape index (κ1) is 14.2. The fourth-order valence-electron chi connectivity index (χ4n) is 3.23. The van der Waals surface area contributed by atoms with Gasteiger partial charge in [0.05, 0.1) is 0 Å². The first-order valence-electron chi connectivity index (χ1n) is 7.44. The fraction of sp³-hybridized carbons (Fsp3) is 0.857. The number of fused-ring (bicyclic) bond motifs is 1. The van der Waals surface area contributed by atoms with Gasteiger partial charge >= 0.3 is 6.03 Å². The van der Waals surface area contributed by atoms with E-state index in [1.807, 2.05) is 4.90 Å². The minimum absolute atomic E-state index is 0.0186. The van der Waals surface area contributed by atoms with Crippen LogP contribution in [0.4, 0.5) is 4.79 Å². The zero-order chi connectivity index (χ0) is 13.7. The van der Waals surface area contributed by atoms with Gasteiger partial charge in [-0.15, -0.1) is 0 Å². The number of likely N-dealkylation sites (tertiary alicyclic amines) is 1. The summed E-state index contributed by atoms with van der Waals surface area (Å²) in [7, 11) is 0. The number of carbonyl (C=O) groups is 2. The molecule has 0 unspecified atom stereocenters. The largest absolute Gasteiger partial charge is 0.356 e. The Bertz CT molecular complexity index is 319. The van der Waals surface area contributed by atoms with Crippen molar-refractivity contribution in [2.45, 2.75) is 39.0 Å². The lowest BCUT2D eigenvalue weighted by Crippen LogP contribution is -2.39. The van der Waals surface area contributed by atoms with E-state index in [-0.39, 0.29) is 11.9 Å². The van der Waals surface area contributed by atoms with Crippen LogP contribution in [0.3, 0.4) is 0 Å². The van der Waals surface area contributed by atoms with Crippen LogP contribution in [0, 0.1) is 11.8 Å². The van der Waals surface area contributed by atoms with Crippen molar-refractivity contribution in [2.75, 3.05) is 26.2 Å². The summed E-state index contributed by atoms with van der Waals surface area (Å²) < 4.78 is 0. The Balaban J connectivity index is 1.62. The summed E-state index contributed by atoms with van der Waals surface area (Å²) in [5.41, 5.74) is 0. The zero-order valence-corrected chi connectivity index (χ0v) is 11.8. The highest BCUT2D eigenvalue weighted by atomic mass is 16.2. The molecule has 1 aliphatic carbocycles. The van der Waals surface area contributed by atoms with Crippen LogP contribution in [0.5, 0.6) is 0 Å². The van der Waals surface area contributed by atoms with E-state index in [0.717, 1.165) is 31.3 Å². The minimum atomic E-state index is -0.0186. The van der Waals surface area contributed by atoms with E-state index >= 15 is 0 Å². The summed E-state index contributed by atoms with van der Waals surface area (Å²) in [5.74, 6) is 1.45. The third-order valence-electron chi connectivity index (χ3n) is 4.27. The normalized spacial score (nSPS) is 25.8.